The van der Waals surface area contributed by atoms with Crippen LogP contribution in [0.1, 0.15) is 23.5 Å². The van der Waals surface area contributed by atoms with E-state index in [1.54, 1.807) is 16.4 Å². The third-order valence-corrected chi connectivity index (χ3v) is 4.43. The van der Waals surface area contributed by atoms with Gasteiger partial charge in [-0.25, -0.2) is 9.67 Å². The number of aliphatic imine (C=N–C) groups is 1. The van der Waals surface area contributed by atoms with Gasteiger partial charge in [0, 0.05) is 20.6 Å². The Hall–Kier alpha value is -3.87. The van der Waals surface area contributed by atoms with Crippen LogP contribution in [0.2, 0.25) is 0 Å². The van der Waals surface area contributed by atoms with Gasteiger partial charge in [-0.3, -0.25) is 9.67 Å². The molecule has 10 heteroatoms. The lowest BCUT2D eigenvalue weighted by molar-refractivity contribution is 0.667. The first-order valence-corrected chi connectivity index (χ1v) is 9.24. The van der Waals surface area contributed by atoms with Crippen LogP contribution in [0.15, 0.2) is 41.7 Å². The van der Waals surface area contributed by atoms with Crippen molar-refractivity contribution in [1.29, 1.82) is 5.26 Å². The van der Waals surface area contributed by atoms with Crippen molar-refractivity contribution in [2.45, 2.75) is 19.4 Å². The van der Waals surface area contributed by atoms with Gasteiger partial charge in [0.1, 0.15) is 29.6 Å². The molecular weight excluding hydrogens is 368 g/mol. The standard InChI is InChI=1S/C19H24N10/c1-22-19(24-12-17-25-13-26-28(17)2)23-10-6-9-16-15(11-20)18(21)29(27-16)14-7-4-3-5-8-14/h3-5,7-8,13H,6,9-10,12,21H2,1-2H3,(H2,22,23,24). The third kappa shape index (κ3) is 4.70. The van der Waals surface area contributed by atoms with Gasteiger partial charge in [-0.05, 0) is 25.0 Å². The van der Waals surface area contributed by atoms with Crippen molar-refractivity contribution >= 4 is 11.8 Å². The number of anilines is 1. The van der Waals surface area contributed by atoms with Crippen LogP contribution in [-0.4, -0.2) is 44.1 Å². The lowest BCUT2D eigenvalue weighted by Crippen LogP contribution is -2.38. The third-order valence-electron chi connectivity index (χ3n) is 4.43. The Kier molecular flexibility index (Phi) is 6.42. The fourth-order valence-electron chi connectivity index (χ4n) is 2.87. The molecular formula is C19H24N10. The topological polar surface area (TPSA) is 135 Å². The second kappa shape index (κ2) is 9.36. The van der Waals surface area contributed by atoms with Gasteiger partial charge in [0.25, 0.3) is 0 Å². The molecule has 0 atom stereocenters. The van der Waals surface area contributed by atoms with Gasteiger partial charge in [0.15, 0.2) is 5.96 Å². The summed E-state index contributed by atoms with van der Waals surface area (Å²) in [5, 5.41) is 24.5. The number of nitrogens with zero attached hydrogens (tertiary/aromatic N) is 7. The molecule has 0 spiro atoms. The van der Waals surface area contributed by atoms with Gasteiger partial charge in [-0.1, -0.05) is 18.2 Å². The van der Waals surface area contributed by atoms with Gasteiger partial charge in [-0.2, -0.15) is 15.5 Å². The molecule has 0 aliphatic rings. The van der Waals surface area contributed by atoms with E-state index in [9.17, 15) is 5.26 Å². The highest BCUT2D eigenvalue weighted by molar-refractivity contribution is 5.79. The van der Waals surface area contributed by atoms with Crippen molar-refractivity contribution in [3.63, 3.8) is 0 Å². The fourth-order valence-corrected chi connectivity index (χ4v) is 2.87. The van der Waals surface area contributed by atoms with Gasteiger partial charge in [-0.15, -0.1) is 0 Å². The van der Waals surface area contributed by atoms with E-state index in [2.05, 4.69) is 36.9 Å². The maximum absolute atomic E-state index is 9.48. The Morgan fingerprint density at radius 3 is 2.72 bits per heavy atom. The van der Waals surface area contributed by atoms with Crippen molar-refractivity contribution in [2.75, 3.05) is 19.3 Å². The molecule has 3 aromatic rings. The number of nitrogen functional groups attached to an aromatic ring is 1. The predicted octanol–water partition coefficient (Wildman–Crippen LogP) is 0.752. The summed E-state index contributed by atoms with van der Waals surface area (Å²) in [5.41, 5.74) is 8.09. The number of rotatable bonds is 7. The van der Waals surface area contributed by atoms with Crippen molar-refractivity contribution in [1.82, 2.24) is 35.2 Å². The number of aromatic nitrogens is 5. The van der Waals surface area contributed by atoms with Crippen molar-refractivity contribution in [3.8, 4) is 11.8 Å². The van der Waals surface area contributed by atoms with Crippen LogP contribution in [0, 0.1) is 11.3 Å². The highest BCUT2D eigenvalue weighted by Gasteiger charge is 2.16. The van der Waals surface area contributed by atoms with E-state index in [4.69, 9.17) is 5.73 Å². The van der Waals surface area contributed by atoms with E-state index < -0.39 is 0 Å². The summed E-state index contributed by atoms with van der Waals surface area (Å²) in [6.07, 6.45) is 2.91. The van der Waals surface area contributed by atoms with Crippen LogP contribution in [0.4, 0.5) is 5.82 Å². The molecule has 10 nitrogen and oxygen atoms in total. The molecule has 1 aromatic carbocycles. The van der Waals surface area contributed by atoms with Gasteiger partial charge in [0.2, 0.25) is 0 Å². The first-order valence-electron chi connectivity index (χ1n) is 9.24. The summed E-state index contributed by atoms with van der Waals surface area (Å²) >= 11 is 0. The first kappa shape index (κ1) is 19.9. The fraction of sp³-hybridized carbons (Fsp3) is 0.316. The Labute approximate surface area is 169 Å². The molecule has 0 saturated carbocycles. The highest BCUT2D eigenvalue weighted by atomic mass is 15.3. The second-order valence-corrected chi connectivity index (χ2v) is 6.32. The zero-order valence-corrected chi connectivity index (χ0v) is 16.5. The van der Waals surface area contributed by atoms with Crippen LogP contribution in [0.3, 0.4) is 0 Å². The van der Waals surface area contributed by atoms with Gasteiger partial charge < -0.3 is 16.4 Å². The number of nitriles is 1. The van der Waals surface area contributed by atoms with E-state index in [0.717, 1.165) is 17.9 Å². The molecule has 29 heavy (non-hydrogen) atoms. The number of aryl methyl sites for hydroxylation is 2. The highest BCUT2D eigenvalue weighted by Crippen LogP contribution is 2.21. The van der Waals surface area contributed by atoms with E-state index >= 15 is 0 Å². The minimum Gasteiger partial charge on any atom is -0.382 e. The number of hydrogen-bond donors (Lipinski definition) is 3. The number of nitrogens with one attached hydrogen (secondary N) is 2. The molecule has 3 rings (SSSR count). The zero-order chi connectivity index (χ0) is 20.6. The maximum Gasteiger partial charge on any atom is 0.191 e. The predicted molar refractivity (Wildman–Crippen MR) is 110 cm³/mol. The lowest BCUT2D eigenvalue weighted by atomic mass is 10.1. The van der Waals surface area contributed by atoms with E-state index in [-0.39, 0.29) is 0 Å². The molecule has 0 fully saturated rings. The molecule has 0 amide bonds. The van der Waals surface area contributed by atoms with Crippen molar-refractivity contribution in [2.24, 2.45) is 12.0 Å². The minimum atomic E-state index is 0.364. The summed E-state index contributed by atoms with van der Waals surface area (Å²) in [6, 6.07) is 11.7. The molecule has 150 valence electrons. The number of nitrogens with two attached hydrogens (primary N) is 1. The van der Waals surface area contributed by atoms with Crippen LogP contribution in [-0.2, 0) is 20.0 Å². The molecule has 0 aliphatic heterocycles. The smallest absolute Gasteiger partial charge is 0.191 e. The molecule has 0 saturated heterocycles. The summed E-state index contributed by atoms with van der Waals surface area (Å²) in [7, 11) is 3.55. The average Bonchev–Trinajstić information content (AvgIpc) is 3.30. The summed E-state index contributed by atoms with van der Waals surface area (Å²) in [4.78, 5) is 8.36. The summed E-state index contributed by atoms with van der Waals surface area (Å²) in [5.74, 6) is 1.85. The van der Waals surface area contributed by atoms with Crippen molar-refractivity contribution < 1.29 is 0 Å². The largest absolute Gasteiger partial charge is 0.382 e. The van der Waals surface area contributed by atoms with Crippen LogP contribution < -0.4 is 16.4 Å². The Morgan fingerprint density at radius 1 is 1.28 bits per heavy atom. The van der Waals surface area contributed by atoms with E-state index in [1.165, 1.54) is 6.33 Å². The van der Waals surface area contributed by atoms with Gasteiger partial charge in [0.05, 0.1) is 17.9 Å². The molecule has 0 aliphatic carbocycles. The Bertz CT molecular complexity index is 1010. The van der Waals surface area contributed by atoms with Crippen LogP contribution in [0.5, 0.6) is 0 Å². The molecule has 0 radical (unpaired) electrons. The maximum atomic E-state index is 9.48. The molecule has 2 heterocycles. The quantitative estimate of drug-likeness (QED) is 0.307. The first-order chi connectivity index (χ1) is 14.1. The minimum absolute atomic E-state index is 0.364. The number of para-hydroxylation sites is 1. The monoisotopic (exact) mass is 392 g/mol. The number of hydrogen-bond acceptors (Lipinski definition) is 6. The van der Waals surface area contributed by atoms with Crippen LogP contribution >= 0.6 is 0 Å². The van der Waals surface area contributed by atoms with Crippen LogP contribution in [0.25, 0.3) is 5.69 Å². The summed E-state index contributed by atoms with van der Waals surface area (Å²) in [6.45, 7) is 1.19. The second-order valence-electron chi connectivity index (χ2n) is 6.32. The molecule has 0 unspecified atom stereocenters. The molecule has 0 bridgehead atoms. The number of benzene rings is 1. The van der Waals surface area contributed by atoms with E-state index in [1.807, 2.05) is 37.4 Å². The van der Waals surface area contributed by atoms with Gasteiger partial charge >= 0.3 is 0 Å². The Morgan fingerprint density at radius 2 is 2.07 bits per heavy atom. The SMILES string of the molecule is CN=C(NCCCc1nn(-c2ccccc2)c(N)c1C#N)NCc1ncnn1C. The summed E-state index contributed by atoms with van der Waals surface area (Å²) < 4.78 is 3.32. The number of guanidine groups is 1. The van der Waals surface area contributed by atoms with E-state index in [0.29, 0.717) is 42.5 Å². The average molecular weight is 392 g/mol. The van der Waals surface area contributed by atoms with Crippen molar-refractivity contribution in [3.05, 3.63) is 53.7 Å². The molecule has 4 N–H and O–H groups in total. The Balaban J connectivity index is 1.55. The molecule has 2 aromatic heterocycles. The zero-order valence-electron chi connectivity index (χ0n) is 16.5. The lowest BCUT2D eigenvalue weighted by Gasteiger charge is -2.11. The normalized spacial score (nSPS) is 11.3.